The highest BCUT2D eigenvalue weighted by Gasteiger charge is 2.27. The van der Waals surface area contributed by atoms with Crippen molar-refractivity contribution >= 4 is 16.8 Å². The number of aromatic amines is 1. The van der Waals surface area contributed by atoms with Gasteiger partial charge in [-0.2, -0.15) is 10.4 Å². The summed E-state index contributed by atoms with van der Waals surface area (Å²) >= 11 is 0. The van der Waals surface area contributed by atoms with Gasteiger partial charge in [-0.3, -0.25) is 9.89 Å². The molecule has 0 spiro atoms. The third-order valence-corrected chi connectivity index (χ3v) is 6.84. The van der Waals surface area contributed by atoms with Gasteiger partial charge >= 0.3 is 0 Å². The molecule has 2 aliphatic rings. The maximum atomic E-state index is 13.4. The number of rotatable bonds is 7. The first-order chi connectivity index (χ1) is 16.1. The number of phenolic OH excluding ortho intramolecular Hbond substituents is 1. The SMILES string of the molecule is N#CCCCOc1ccc2c(c1)CN(C(=O)c1cc3c(CC4CCCC4)[nH]nc3cc1O)C2. The van der Waals surface area contributed by atoms with Gasteiger partial charge in [0.2, 0.25) is 0 Å². The second kappa shape index (κ2) is 9.14. The zero-order valence-electron chi connectivity index (χ0n) is 18.6. The Labute approximate surface area is 193 Å². The van der Waals surface area contributed by atoms with E-state index in [1.807, 2.05) is 18.2 Å². The summed E-state index contributed by atoms with van der Waals surface area (Å²) in [5, 5.41) is 27.6. The number of aromatic hydroxyl groups is 1. The van der Waals surface area contributed by atoms with E-state index in [2.05, 4.69) is 16.3 Å². The number of nitriles is 1. The van der Waals surface area contributed by atoms with E-state index in [1.165, 1.54) is 25.7 Å². The van der Waals surface area contributed by atoms with Crippen LogP contribution in [0.2, 0.25) is 0 Å². The van der Waals surface area contributed by atoms with Gasteiger partial charge in [-0.25, -0.2) is 0 Å². The third kappa shape index (κ3) is 4.38. The zero-order chi connectivity index (χ0) is 22.8. The monoisotopic (exact) mass is 444 g/mol. The minimum atomic E-state index is -0.185. The summed E-state index contributed by atoms with van der Waals surface area (Å²) in [7, 11) is 0. The molecule has 7 nitrogen and oxygen atoms in total. The van der Waals surface area contributed by atoms with Gasteiger partial charge in [0.1, 0.15) is 11.5 Å². The first-order valence-electron chi connectivity index (χ1n) is 11.7. The fraction of sp³-hybridized carbons (Fsp3) is 0.423. The Hall–Kier alpha value is -3.53. The van der Waals surface area contributed by atoms with Gasteiger partial charge in [0.15, 0.2) is 0 Å². The molecule has 0 radical (unpaired) electrons. The smallest absolute Gasteiger partial charge is 0.258 e. The molecular weight excluding hydrogens is 416 g/mol. The van der Waals surface area contributed by atoms with Crippen molar-refractivity contribution in [3.05, 3.63) is 52.7 Å². The van der Waals surface area contributed by atoms with E-state index in [4.69, 9.17) is 10.00 Å². The summed E-state index contributed by atoms with van der Waals surface area (Å²) in [6, 6.07) is 11.4. The molecule has 5 rings (SSSR count). The number of nitrogens with zero attached hydrogens (tertiary/aromatic N) is 3. The molecule has 1 aromatic heterocycles. The molecule has 33 heavy (non-hydrogen) atoms. The maximum absolute atomic E-state index is 13.4. The molecule has 2 aromatic carbocycles. The topological polar surface area (TPSA) is 102 Å². The highest BCUT2D eigenvalue weighted by atomic mass is 16.5. The van der Waals surface area contributed by atoms with Gasteiger partial charge in [0, 0.05) is 36.7 Å². The average Bonchev–Trinajstić information content (AvgIpc) is 3.56. The van der Waals surface area contributed by atoms with Gasteiger partial charge in [-0.1, -0.05) is 31.7 Å². The predicted octanol–water partition coefficient (Wildman–Crippen LogP) is 4.84. The van der Waals surface area contributed by atoms with Crippen LogP contribution in [0.3, 0.4) is 0 Å². The van der Waals surface area contributed by atoms with Crippen LogP contribution in [0.5, 0.6) is 11.5 Å². The number of unbranched alkanes of at least 4 members (excludes halogenated alkanes) is 1. The largest absolute Gasteiger partial charge is 0.507 e. The summed E-state index contributed by atoms with van der Waals surface area (Å²) in [5.74, 6) is 1.19. The molecule has 7 heteroatoms. The molecule has 1 amide bonds. The number of aromatic nitrogens is 2. The van der Waals surface area contributed by atoms with Crippen LogP contribution in [0, 0.1) is 17.2 Å². The number of H-pyrrole nitrogens is 1. The van der Waals surface area contributed by atoms with Gasteiger partial charge in [0.25, 0.3) is 5.91 Å². The van der Waals surface area contributed by atoms with E-state index in [0.29, 0.717) is 49.5 Å². The number of ether oxygens (including phenoxy) is 1. The molecule has 2 N–H and O–H groups in total. The molecule has 1 aliphatic carbocycles. The number of nitrogens with one attached hydrogen (secondary N) is 1. The van der Waals surface area contributed by atoms with Crippen LogP contribution in [0.1, 0.15) is 65.7 Å². The normalized spacial score (nSPS) is 15.7. The second-order valence-electron chi connectivity index (χ2n) is 9.15. The zero-order valence-corrected chi connectivity index (χ0v) is 18.6. The molecule has 1 fully saturated rings. The van der Waals surface area contributed by atoms with E-state index in [9.17, 15) is 9.90 Å². The highest BCUT2D eigenvalue weighted by Crippen LogP contribution is 2.34. The van der Waals surface area contributed by atoms with Gasteiger partial charge < -0.3 is 14.7 Å². The van der Waals surface area contributed by atoms with Gasteiger partial charge in [-0.05, 0) is 48.1 Å². The average molecular weight is 445 g/mol. The standard InChI is InChI=1S/C26H28N4O3/c27-9-3-4-10-33-20-8-7-18-15-30(16-19(18)12-20)26(32)22-13-21-23(11-17-5-1-2-6-17)28-29-24(21)14-25(22)31/h7-8,12-14,17,31H,1-6,10-11,15-16H2,(H,28,29). The van der Waals surface area contributed by atoms with Crippen LogP contribution >= 0.6 is 0 Å². The molecule has 0 saturated heterocycles. The lowest BCUT2D eigenvalue weighted by molar-refractivity contribution is 0.0748. The number of benzene rings is 2. The summed E-state index contributed by atoms with van der Waals surface area (Å²) in [4.78, 5) is 15.1. The molecule has 3 aromatic rings. The summed E-state index contributed by atoms with van der Waals surface area (Å²) in [6.07, 6.45) is 7.13. The number of phenols is 1. The Bertz CT molecular complexity index is 1220. The third-order valence-electron chi connectivity index (χ3n) is 6.84. The summed E-state index contributed by atoms with van der Waals surface area (Å²) < 4.78 is 5.73. The van der Waals surface area contributed by atoms with Crippen molar-refractivity contribution in [2.75, 3.05) is 6.61 Å². The van der Waals surface area contributed by atoms with Crippen LogP contribution in [-0.2, 0) is 19.5 Å². The Morgan fingerprint density at radius 3 is 2.85 bits per heavy atom. The quantitative estimate of drug-likeness (QED) is 0.508. The highest BCUT2D eigenvalue weighted by molar-refractivity contribution is 6.01. The minimum Gasteiger partial charge on any atom is -0.507 e. The molecule has 0 unspecified atom stereocenters. The number of amides is 1. The Balaban J connectivity index is 1.32. The van der Waals surface area contributed by atoms with Crippen LogP contribution in [0.4, 0.5) is 0 Å². The lowest BCUT2D eigenvalue weighted by Gasteiger charge is -2.16. The van der Waals surface area contributed by atoms with Crippen molar-refractivity contribution < 1.29 is 14.6 Å². The van der Waals surface area contributed by atoms with E-state index < -0.39 is 0 Å². The number of hydrogen-bond acceptors (Lipinski definition) is 5. The van der Waals surface area contributed by atoms with Crippen LogP contribution in [0.25, 0.3) is 10.9 Å². The predicted molar refractivity (Wildman–Crippen MR) is 124 cm³/mol. The van der Waals surface area contributed by atoms with Gasteiger partial charge in [0.05, 0.1) is 23.8 Å². The first-order valence-corrected chi connectivity index (χ1v) is 11.7. The fourth-order valence-electron chi connectivity index (χ4n) is 5.05. The Morgan fingerprint density at radius 2 is 2.03 bits per heavy atom. The van der Waals surface area contributed by atoms with Crippen molar-refractivity contribution in [3.8, 4) is 17.6 Å². The van der Waals surface area contributed by atoms with Crippen LogP contribution in [-0.4, -0.2) is 32.7 Å². The van der Waals surface area contributed by atoms with E-state index >= 15 is 0 Å². The summed E-state index contributed by atoms with van der Waals surface area (Å²) in [6.45, 7) is 1.47. The lowest BCUT2D eigenvalue weighted by Crippen LogP contribution is -2.25. The van der Waals surface area contributed by atoms with E-state index in [0.717, 1.165) is 34.4 Å². The molecule has 1 aliphatic heterocycles. The van der Waals surface area contributed by atoms with Crippen molar-refractivity contribution in [2.45, 2.75) is 58.0 Å². The fourth-order valence-corrected chi connectivity index (χ4v) is 5.05. The van der Waals surface area contributed by atoms with Crippen LogP contribution in [0.15, 0.2) is 30.3 Å². The molecule has 0 atom stereocenters. The minimum absolute atomic E-state index is 0.0381. The molecule has 2 heterocycles. The molecule has 0 bridgehead atoms. The molecule has 170 valence electrons. The number of fused-ring (bicyclic) bond motifs is 2. The molecule has 1 saturated carbocycles. The van der Waals surface area contributed by atoms with Crippen molar-refractivity contribution in [3.63, 3.8) is 0 Å². The van der Waals surface area contributed by atoms with Crippen molar-refractivity contribution in [2.24, 2.45) is 5.92 Å². The van der Waals surface area contributed by atoms with Crippen LogP contribution < -0.4 is 4.74 Å². The molecular formula is C26H28N4O3. The van der Waals surface area contributed by atoms with Crippen molar-refractivity contribution in [1.82, 2.24) is 15.1 Å². The Morgan fingerprint density at radius 1 is 1.21 bits per heavy atom. The first kappa shape index (κ1) is 21.3. The van der Waals surface area contributed by atoms with Crippen molar-refractivity contribution in [1.29, 1.82) is 5.26 Å². The van der Waals surface area contributed by atoms with E-state index in [-0.39, 0.29) is 11.7 Å². The maximum Gasteiger partial charge on any atom is 0.258 e. The lowest BCUT2D eigenvalue weighted by atomic mass is 9.99. The number of carbonyl (C=O) groups excluding carboxylic acids is 1. The number of carbonyl (C=O) groups is 1. The summed E-state index contributed by atoms with van der Waals surface area (Å²) in [5.41, 5.74) is 4.19. The Kier molecular flexibility index (Phi) is 5.91. The second-order valence-corrected chi connectivity index (χ2v) is 9.15. The van der Waals surface area contributed by atoms with E-state index in [1.54, 1.807) is 17.0 Å². The van der Waals surface area contributed by atoms with Gasteiger partial charge in [-0.15, -0.1) is 0 Å². The number of hydrogen-bond donors (Lipinski definition) is 2.